The molecule has 0 aliphatic carbocycles. The summed E-state index contributed by atoms with van der Waals surface area (Å²) in [4.78, 5) is 11.5. The van der Waals surface area contributed by atoms with Crippen molar-refractivity contribution in [2.45, 2.75) is 73.1 Å². The van der Waals surface area contributed by atoms with Crippen LogP contribution < -0.4 is 0 Å². The molecule has 2 unspecified atom stereocenters. The van der Waals surface area contributed by atoms with Crippen molar-refractivity contribution in [3.63, 3.8) is 0 Å². The number of unbranched alkanes of at least 4 members (excludes halogenated alkanes) is 1. The molecule has 0 spiro atoms. The van der Waals surface area contributed by atoms with Crippen molar-refractivity contribution in [1.82, 2.24) is 0 Å². The molecule has 2 atom stereocenters. The normalized spacial score (nSPS) is 14.7. The predicted octanol–water partition coefficient (Wildman–Crippen LogP) is 5.37. The number of hydrogen-bond donors (Lipinski definition) is 0. The summed E-state index contributed by atoms with van der Waals surface area (Å²) in [5.74, 6) is 1.60. The minimum absolute atomic E-state index is 0.0498. The zero-order valence-electron chi connectivity index (χ0n) is 14.2. The van der Waals surface area contributed by atoms with Crippen molar-refractivity contribution in [3.8, 4) is 0 Å². The Labute approximate surface area is 126 Å². The number of rotatable bonds is 11. The third-order valence-corrected chi connectivity index (χ3v) is 3.40. The van der Waals surface area contributed by atoms with Gasteiger partial charge in [-0.15, -0.1) is 0 Å². The van der Waals surface area contributed by atoms with E-state index in [2.05, 4.69) is 46.8 Å². The van der Waals surface area contributed by atoms with Crippen molar-refractivity contribution in [1.29, 1.82) is 0 Å². The molecule has 0 saturated heterocycles. The monoisotopic (exact) mass is 282 g/mol. The first-order valence-electron chi connectivity index (χ1n) is 8.29. The zero-order valence-corrected chi connectivity index (χ0v) is 14.2. The number of esters is 1. The Morgan fingerprint density at radius 2 is 1.55 bits per heavy atom. The molecular formula is C18H34O2. The van der Waals surface area contributed by atoms with E-state index in [-0.39, 0.29) is 5.97 Å². The van der Waals surface area contributed by atoms with Crippen LogP contribution in [0.5, 0.6) is 0 Å². The van der Waals surface area contributed by atoms with E-state index in [9.17, 15) is 4.79 Å². The Morgan fingerprint density at radius 1 is 1.00 bits per heavy atom. The Hall–Kier alpha value is -0.790. The summed E-state index contributed by atoms with van der Waals surface area (Å²) in [5.41, 5.74) is 0. The highest BCUT2D eigenvalue weighted by Crippen LogP contribution is 2.14. The minimum Gasteiger partial charge on any atom is -0.465 e. The molecule has 0 bridgehead atoms. The van der Waals surface area contributed by atoms with Crippen LogP contribution in [0.2, 0.25) is 0 Å². The van der Waals surface area contributed by atoms with E-state index in [0.717, 1.165) is 12.8 Å². The van der Waals surface area contributed by atoms with Crippen LogP contribution >= 0.6 is 0 Å². The molecule has 118 valence electrons. The minimum atomic E-state index is -0.0498. The first kappa shape index (κ1) is 19.2. The van der Waals surface area contributed by atoms with Gasteiger partial charge in [0.05, 0.1) is 6.61 Å². The summed E-state index contributed by atoms with van der Waals surface area (Å²) in [5, 5.41) is 0. The van der Waals surface area contributed by atoms with E-state index in [1.165, 1.54) is 19.3 Å². The number of ether oxygens (including phenoxy) is 1. The van der Waals surface area contributed by atoms with Crippen LogP contribution in [-0.2, 0) is 9.53 Å². The highest BCUT2D eigenvalue weighted by molar-refractivity contribution is 5.69. The molecule has 0 rings (SSSR count). The maximum Gasteiger partial charge on any atom is 0.305 e. The summed E-state index contributed by atoms with van der Waals surface area (Å²) in [6.45, 7) is 11.4. The van der Waals surface area contributed by atoms with Crippen molar-refractivity contribution in [3.05, 3.63) is 12.2 Å². The molecule has 0 aromatic carbocycles. The quantitative estimate of drug-likeness (QED) is 0.376. The van der Waals surface area contributed by atoms with E-state index in [0.29, 0.717) is 30.8 Å². The summed E-state index contributed by atoms with van der Waals surface area (Å²) in [6.07, 6.45) is 11.0. The average molecular weight is 282 g/mol. The maximum atomic E-state index is 11.5. The van der Waals surface area contributed by atoms with E-state index in [1.807, 2.05) is 0 Å². The van der Waals surface area contributed by atoms with Crippen LogP contribution in [0.1, 0.15) is 73.1 Å². The number of hydrogen-bond acceptors (Lipinski definition) is 2. The van der Waals surface area contributed by atoms with Gasteiger partial charge in [0.15, 0.2) is 0 Å². The summed E-state index contributed by atoms with van der Waals surface area (Å²) < 4.78 is 5.17. The largest absolute Gasteiger partial charge is 0.465 e. The third kappa shape index (κ3) is 12.3. The second-order valence-corrected chi connectivity index (χ2v) is 6.45. The van der Waals surface area contributed by atoms with Crippen molar-refractivity contribution in [2.24, 2.45) is 17.8 Å². The number of carbonyl (C=O) groups excluding carboxylic acids is 1. The third-order valence-electron chi connectivity index (χ3n) is 3.40. The summed E-state index contributed by atoms with van der Waals surface area (Å²) in [7, 11) is 0. The number of carbonyl (C=O) groups is 1. The van der Waals surface area contributed by atoms with Crippen LogP contribution in [-0.4, -0.2) is 12.6 Å². The molecule has 2 nitrogen and oxygen atoms in total. The molecule has 0 saturated carbocycles. The van der Waals surface area contributed by atoms with Gasteiger partial charge >= 0.3 is 5.97 Å². The van der Waals surface area contributed by atoms with Crippen molar-refractivity contribution < 1.29 is 9.53 Å². The maximum absolute atomic E-state index is 11.5. The fraction of sp³-hybridized carbons (Fsp3) is 0.833. The Bertz CT molecular complexity index is 269. The van der Waals surface area contributed by atoms with Gasteiger partial charge in [-0.1, -0.05) is 59.6 Å². The van der Waals surface area contributed by atoms with Gasteiger partial charge in [-0.25, -0.2) is 0 Å². The van der Waals surface area contributed by atoms with Gasteiger partial charge in [0.1, 0.15) is 0 Å². The van der Waals surface area contributed by atoms with Crippen LogP contribution in [0, 0.1) is 17.8 Å². The van der Waals surface area contributed by atoms with Gasteiger partial charge in [-0.05, 0) is 37.0 Å². The highest BCUT2D eigenvalue weighted by atomic mass is 16.5. The average Bonchev–Trinajstić information content (AvgIpc) is 2.40. The first-order valence-corrected chi connectivity index (χ1v) is 8.29. The van der Waals surface area contributed by atoms with Crippen LogP contribution in [0.15, 0.2) is 12.2 Å². The fourth-order valence-corrected chi connectivity index (χ4v) is 2.00. The standard InChI is InChI=1S/C18H34O2/c1-6-7-9-16(4)12-13-17(5)10-8-11-18(19)20-14-15(2)3/h12-13,15-17H,6-11,14H2,1-5H3/b13-12-. The Kier molecular flexibility index (Phi) is 11.5. The predicted molar refractivity (Wildman–Crippen MR) is 86.6 cm³/mol. The van der Waals surface area contributed by atoms with E-state index < -0.39 is 0 Å². The molecule has 0 aliphatic rings. The Balaban J connectivity index is 3.69. The van der Waals surface area contributed by atoms with E-state index in [4.69, 9.17) is 4.74 Å². The molecule has 0 fully saturated rings. The molecule has 0 heterocycles. The molecule has 2 heteroatoms. The lowest BCUT2D eigenvalue weighted by Crippen LogP contribution is -2.09. The van der Waals surface area contributed by atoms with E-state index >= 15 is 0 Å². The van der Waals surface area contributed by atoms with Gasteiger partial charge in [-0.2, -0.15) is 0 Å². The van der Waals surface area contributed by atoms with Gasteiger partial charge in [0.25, 0.3) is 0 Å². The van der Waals surface area contributed by atoms with Crippen LogP contribution in [0.25, 0.3) is 0 Å². The molecular weight excluding hydrogens is 248 g/mol. The highest BCUT2D eigenvalue weighted by Gasteiger charge is 2.06. The van der Waals surface area contributed by atoms with Gasteiger partial charge in [-0.3, -0.25) is 4.79 Å². The number of allylic oxidation sites excluding steroid dienone is 2. The summed E-state index contributed by atoms with van der Waals surface area (Å²) in [6, 6.07) is 0. The second-order valence-electron chi connectivity index (χ2n) is 6.45. The lowest BCUT2D eigenvalue weighted by atomic mass is 9.99. The van der Waals surface area contributed by atoms with E-state index in [1.54, 1.807) is 0 Å². The molecule has 0 radical (unpaired) electrons. The van der Waals surface area contributed by atoms with Gasteiger partial charge in [0, 0.05) is 6.42 Å². The molecule has 0 N–H and O–H groups in total. The molecule has 0 aromatic heterocycles. The topological polar surface area (TPSA) is 26.3 Å². The Morgan fingerprint density at radius 3 is 2.05 bits per heavy atom. The lowest BCUT2D eigenvalue weighted by Gasteiger charge is -2.09. The van der Waals surface area contributed by atoms with Crippen LogP contribution in [0.4, 0.5) is 0 Å². The molecule has 0 aromatic rings. The summed E-state index contributed by atoms with van der Waals surface area (Å²) >= 11 is 0. The molecule has 0 amide bonds. The molecule has 0 aliphatic heterocycles. The smallest absolute Gasteiger partial charge is 0.305 e. The zero-order chi connectivity index (χ0) is 15.4. The van der Waals surface area contributed by atoms with Crippen molar-refractivity contribution >= 4 is 5.97 Å². The first-order chi connectivity index (χ1) is 9.45. The van der Waals surface area contributed by atoms with Crippen LogP contribution in [0.3, 0.4) is 0 Å². The van der Waals surface area contributed by atoms with Gasteiger partial charge in [0.2, 0.25) is 0 Å². The van der Waals surface area contributed by atoms with Crippen molar-refractivity contribution in [2.75, 3.05) is 6.61 Å². The lowest BCUT2D eigenvalue weighted by molar-refractivity contribution is -0.144. The molecule has 20 heavy (non-hydrogen) atoms. The second kappa shape index (κ2) is 12.0. The SMILES string of the molecule is CCCCC(C)/C=C\C(C)CCCC(=O)OCC(C)C. The van der Waals surface area contributed by atoms with Gasteiger partial charge < -0.3 is 4.74 Å². The fourth-order valence-electron chi connectivity index (χ4n) is 2.00.